The highest BCUT2D eigenvalue weighted by Gasteiger charge is 2.06. The van der Waals surface area contributed by atoms with E-state index in [9.17, 15) is 4.79 Å². The molecule has 0 aliphatic rings. The van der Waals surface area contributed by atoms with Crippen molar-refractivity contribution in [1.82, 2.24) is 0 Å². The second-order valence-electron chi connectivity index (χ2n) is 2.20. The summed E-state index contributed by atoms with van der Waals surface area (Å²) in [4.78, 5) is 11.0. The maximum absolute atomic E-state index is 11.0. The lowest BCUT2D eigenvalue weighted by Gasteiger charge is -1.84. The molecule has 0 saturated carbocycles. The van der Waals surface area contributed by atoms with E-state index in [4.69, 9.17) is 9.68 Å². The summed E-state index contributed by atoms with van der Waals surface area (Å²) >= 11 is 0. The third kappa shape index (κ3) is 1.68. The standard InChI is InChI=1S/C8H7NO2/c1-6-4-7(5-11-6)8(10)2-3-9/h4-5H,2H2,1H3. The van der Waals surface area contributed by atoms with Crippen LogP contribution in [-0.2, 0) is 0 Å². The van der Waals surface area contributed by atoms with Crippen LogP contribution in [0.25, 0.3) is 0 Å². The summed E-state index contributed by atoms with van der Waals surface area (Å²) in [6.45, 7) is 1.75. The number of ketones is 1. The number of carbonyl (C=O) groups is 1. The Morgan fingerprint density at radius 3 is 3.00 bits per heavy atom. The van der Waals surface area contributed by atoms with Gasteiger partial charge < -0.3 is 4.42 Å². The summed E-state index contributed by atoms with van der Waals surface area (Å²) in [5.74, 6) is 0.496. The van der Waals surface area contributed by atoms with Crippen LogP contribution in [0.5, 0.6) is 0 Å². The molecule has 0 fully saturated rings. The Morgan fingerprint density at radius 1 is 1.82 bits per heavy atom. The highest BCUT2D eigenvalue weighted by atomic mass is 16.3. The van der Waals surface area contributed by atoms with E-state index in [1.165, 1.54) is 6.26 Å². The minimum Gasteiger partial charge on any atom is -0.469 e. The Kier molecular flexibility index (Phi) is 2.07. The van der Waals surface area contributed by atoms with Gasteiger partial charge in [0, 0.05) is 0 Å². The third-order valence-electron chi connectivity index (χ3n) is 1.29. The highest BCUT2D eigenvalue weighted by Crippen LogP contribution is 2.07. The van der Waals surface area contributed by atoms with Crippen molar-refractivity contribution in [2.75, 3.05) is 0 Å². The van der Waals surface area contributed by atoms with E-state index < -0.39 is 0 Å². The first-order valence-electron chi connectivity index (χ1n) is 3.19. The van der Waals surface area contributed by atoms with Crippen LogP contribution < -0.4 is 0 Å². The van der Waals surface area contributed by atoms with Gasteiger partial charge in [0.15, 0.2) is 5.78 Å². The van der Waals surface area contributed by atoms with Crippen LogP contribution in [0.2, 0.25) is 0 Å². The molecular formula is C8H7NO2. The van der Waals surface area contributed by atoms with Crippen molar-refractivity contribution in [2.24, 2.45) is 0 Å². The predicted octanol–water partition coefficient (Wildman–Crippen LogP) is 1.68. The molecule has 0 aliphatic heterocycles. The van der Waals surface area contributed by atoms with Crippen LogP contribution >= 0.6 is 0 Å². The molecule has 0 saturated heterocycles. The van der Waals surface area contributed by atoms with Crippen molar-refractivity contribution in [3.8, 4) is 6.07 Å². The van der Waals surface area contributed by atoms with Gasteiger partial charge in [0.2, 0.25) is 0 Å². The number of Topliss-reactive ketones (excluding diaryl/α,β-unsaturated/α-hetero) is 1. The van der Waals surface area contributed by atoms with Gasteiger partial charge in [-0.25, -0.2) is 0 Å². The predicted molar refractivity (Wildman–Crippen MR) is 38.0 cm³/mol. The van der Waals surface area contributed by atoms with E-state index in [1.54, 1.807) is 19.1 Å². The molecule has 1 heterocycles. The van der Waals surface area contributed by atoms with E-state index in [-0.39, 0.29) is 12.2 Å². The van der Waals surface area contributed by atoms with Crippen molar-refractivity contribution in [1.29, 1.82) is 5.26 Å². The SMILES string of the molecule is Cc1cc(C(=O)CC#N)co1. The quantitative estimate of drug-likeness (QED) is 0.601. The van der Waals surface area contributed by atoms with Crippen LogP contribution in [0, 0.1) is 18.3 Å². The Bertz CT molecular complexity index is 306. The molecule has 0 atom stereocenters. The molecule has 0 N–H and O–H groups in total. The van der Waals surface area contributed by atoms with Crippen molar-refractivity contribution >= 4 is 5.78 Å². The topological polar surface area (TPSA) is 54.0 Å². The molecule has 0 aliphatic carbocycles. The third-order valence-corrected chi connectivity index (χ3v) is 1.29. The second-order valence-corrected chi connectivity index (χ2v) is 2.20. The minimum atomic E-state index is -0.190. The van der Waals surface area contributed by atoms with Crippen molar-refractivity contribution < 1.29 is 9.21 Å². The van der Waals surface area contributed by atoms with Crippen molar-refractivity contribution in [2.45, 2.75) is 13.3 Å². The second kappa shape index (κ2) is 3.02. The zero-order chi connectivity index (χ0) is 8.27. The molecule has 1 rings (SSSR count). The molecule has 1 aromatic rings. The van der Waals surface area contributed by atoms with E-state index in [2.05, 4.69) is 0 Å². The number of rotatable bonds is 2. The van der Waals surface area contributed by atoms with Crippen molar-refractivity contribution in [3.05, 3.63) is 23.7 Å². The van der Waals surface area contributed by atoms with Gasteiger partial charge in [-0.05, 0) is 13.0 Å². The number of nitriles is 1. The summed E-state index contributed by atoms with van der Waals surface area (Å²) in [7, 11) is 0. The molecule has 0 spiro atoms. The van der Waals surface area contributed by atoms with Gasteiger partial charge >= 0.3 is 0 Å². The number of hydrogen-bond donors (Lipinski definition) is 0. The van der Waals surface area contributed by atoms with Crippen LogP contribution in [-0.4, -0.2) is 5.78 Å². The lowest BCUT2D eigenvalue weighted by molar-refractivity contribution is 0.0997. The zero-order valence-electron chi connectivity index (χ0n) is 6.13. The van der Waals surface area contributed by atoms with E-state index in [0.29, 0.717) is 11.3 Å². The first-order chi connectivity index (χ1) is 5.24. The number of carbonyl (C=O) groups excluding carboxylic acids is 1. The lowest BCUT2D eigenvalue weighted by atomic mass is 10.2. The molecule has 3 nitrogen and oxygen atoms in total. The van der Waals surface area contributed by atoms with Gasteiger partial charge in [-0.2, -0.15) is 5.26 Å². The van der Waals surface area contributed by atoms with Crippen LogP contribution in [0.4, 0.5) is 0 Å². The molecule has 0 amide bonds. The van der Waals surface area contributed by atoms with Crippen LogP contribution in [0.1, 0.15) is 22.5 Å². The average Bonchev–Trinajstić information content (AvgIpc) is 2.36. The fourth-order valence-electron chi connectivity index (χ4n) is 0.764. The summed E-state index contributed by atoms with van der Waals surface area (Å²) < 4.78 is 4.90. The Morgan fingerprint density at radius 2 is 2.55 bits per heavy atom. The number of furan rings is 1. The Hall–Kier alpha value is -1.56. The molecule has 0 bridgehead atoms. The summed E-state index contributed by atoms with van der Waals surface area (Å²) in [6.07, 6.45) is 1.29. The maximum atomic E-state index is 11.0. The molecule has 3 heteroatoms. The summed E-state index contributed by atoms with van der Waals surface area (Å²) in [5.41, 5.74) is 0.476. The number of nitrogens with zero attached hydrogens (tertiary/aromatic N) is 1. The Balaban J connectivity index is 2.78. The molecule has 1 aromatic heterocycles. The van der Waals surface area contributed by atoms with Gasteiger partial charge in [-0.3, -0.25) is 4.79 Å². The maximum Gasteiger partial charge on any atom is 0.180 e. The van der Waals surface area contributed by atoms with E-state index in [0.717, 1.165) is 0 Å². The monoisotopic (exact) mass is 149 g/mol. The van der Waals surface area contributed by atoms with Gasteiger partial charge in [-0.15, -0.1) is 0 Å². The van der Waals surface area contributed by atoms with Gasteiger partial charge in [0.05, 0.1) is 18.1 Å². The van der Waals surface area contributed by atoms with Gasteiger partial charge in [-0.1, -0.05) is 0 Å². The molecular weight excluding hydrogens is 142 g/mol. The number of aryl methyl sites for hydroxylation is 1. The van der Waals surface area contributed by atoms with Crippen molar-refractivity contribution in [3.63, 3.8) is 0 Å². The summed E-state index contributed by atoms with van der Waals surface area (Å²) in [5, 5.41) is 8.20. The molecule has 0 unspecified atom stereocenters. The fraction of sp³-hybridized carbons (Fsp3) is 0.250. The highest BCUT2D eigenvalue weighted by molar-refractivity contribution is 5.97. The first-order valence-corrected chi connectivity index (χ1v) is 3.19. The van der Waals surface area contributed by atoms with E-state index >= 15 is 0 Å². The average molecular weight is 149 g/mol. The molecule has 0 radical (unpaired) electrons. The smallest absolute Gasteiger partial charge is 0.180 e. The normalized spacial score (nSPS) is 9.09. The molecule has 11 heavy (non-hydrogen) atoms. The lowest BCUT2D eigenvalue weighted by Crippen LogP contribution is -1.93. The van der Waals surface area contributed by atoms with Gasteiger partial charge in [0.1, 0.15) is 12.0 Å². The molecule has 56 valence electrons. The molecule has 0 aromatic carbocycles. The largest absolute Gasteiger partial charge is 0.469 e. The van der Waals surface area contributed by atoms with Crippen LogP contribution in [0.3, 0.4) is 0 Å². The van der Waals surface area contributed by atoms with Crippen LogP contribution in [0.15, 0.2) is 16.7 Å². The minimum absolute atomic E-state index is 0.0844. The summed E-state index contributed by atoms with van der Waals surface area (Å²) in [6, 6.07) is 3.41. The Labute approximate surface area is 64.2 Å². The van der Waals surface area contributed by atoms with E-state index in [1.807, 2.05) is 0 Å². The zero-order valence-corrected chi connectivity index (χ0v) is 6.13. The fourth-order valence-corrected chi connectivity index (χ4v) is 0.764. The number of hydrogen-bond acceptors (Lipinski definition) is 3. The van der Waals surface area contributed by atoms with Gasteiger partial charge in [0.25, 0.3) is 0 Å². The first kappa shape index (κ1) is 7.55.